The highest BCUT2D eigenvalue weighted by Gasteiger charge is 2.34. The van der Waals surface area contributed by atoms with Gasteiger partial charge in [0.25, 0.3) is 0 Å². The first-order valence-electron chi connectivity index (χ1n) is 5.78. The summed E-state index contributed by atoms with van der Waals surface area (Å²) in [7, 11) is 0. The molecule has 1 heterocycles. The monoisotopic (exact) mass is 322 g/mol. The van der Waals surface area contributed by atoms with Gasteiger partial charge in [0.15, 0.2) is 0 Å². The van der Waals surface area contributed by atoms with Crippen molar-refractivity contribution in [2.24, 2.45) is 0 Å². The molecule has 0 saturated heterocycles. The molecule has 2 aromatic rings. The molecule has 108 valence electrons. The van der Waals surface area contributed by atoms with Crippen LogP contribution in [0.5, 0.6) is 0 Å². The molecule has 0 aliphatic rings. The fourth-order valence-electron chi connectivity index (χ4n) is 1.98. The average Bonchev–Trinajstić information content (AvgIpc) is 2.66. The van der Waals surface area contributed by atoms with Crippen molar-refractivity contribution in [1.82, 2.24) is 0 Å². The second-order valence-corrected chi connectivity index (χ2v) is 6.23. The Morgan fingerprint density at radius 1 is 1.15 bits per heavy atom. The molecule has 1 aromatic carbocycles. The summed E-state index contributed by atoms with van der Waals surface area (Å²) in [6.07, 6.45) is -4.73. The number of alkyl halides is 4. The van der Waals surface area contributed by atoms with Gasteiger partial charge in [0.2, 0.25) is 0 Å². The summed E-state index contributed by atoms with van der Waals surface area (Å²) >= 11 is 7.67. The molecule has 0 spiro atoms. The molecule has 6 heteroatoms. The molecule has 0 amide bonds. The summed E-state index contributed by atoms with van der Waals surface area (Å²) < 4.78 is 51.3. The number of halogens is 5. The normalized spacial score (nSPS) is 13.6. The van der Waals surface area contributed by atoms with Crippen LogP contribution in [0, 0.1) is 19.7 Å². The van der Waals surface area contributed by atoms with Crippen molar-refractivity contribution in [2.75, 3.05) is 0 Å². The quantitative estimate of drug-likeness (QED) is 0.480. The lowest BCUT2D eigenvalue weighted by atomic mass is 10.0. The summed E-state index contributed by atoms with van der Waals surface area (Å²) in [4.78, 5) is 1.81. The third-order valence-electron chi connectivity index (χ3n) is 2.90. The van der Waals surface area contributed by atoms with Crippen LogP contribution in [-0.2, 0) is 6.18 Å². The molecule has 0 aliphatic carbocycles. The Bertz CT molecular complexity index is 631. The van der Waals surface area contributed by atoms with E-state index in [4.69, 9.17) is 11.6 Å². The molecule has 0 bridgehead atoms. The predicted octanol–water partition coefficient (Wildman–Crippen LogP) is 5.85. The van der Waals surface area contributed by atoms with E-state index in [0.717, 1.165) is 27.5 Å². The minimum Gasteiger partial charge on any atom is -0.206 e. The smallest absolute Gasteiger partial charge is 0.206 e. The first kappa shape index (κ1) is 15.3. The van der Waals surface area contributed by atoms with E-state index >= 15 is 0 Å². The summed E-state index contributed by atoms with van der Waals surface area (Å²) in [6.45, 7) is 3.75. The first-order valence-corrected chi connectivity index (χ1v) is 7.03. The first-order chi connectivity index (χ1) is 9.20. The van der Waals surface area contributed by atoms with Crippen LogP contribution in [0.1, 0.15) is 31.8 Å². The number of aryl methyl sites for hydroxylation is 2. The molecule has 0 radical (unpaired) electrons. The molecule has 0 N–H and O–H groups in total. The van der Waals surface area contributed by atoms with Crippen LogP contribution in [0.3, 0.4) is 0 Å². The maximum atomic E-state index is 13.3. The fraction of sp³-hybridized carbons (Fsp3) is 0.286. The summed E-state index contributed by atoms with van der Waals surface area (Å²) in [5.41, 5.74) is -0.123. The van der Waals surface area contributed by atoms with Crippen LogP contribution in [0.4, 0.5) is 17.6 Å². The summed E-state index contributed by atoms with van der Waals surface area (Å²) in [5, 5.41) is -0.713. The van der Waals surface area contributed by atoms with Gasteiger partial charge >= 0.3 is 6.18 Å². The molecule has 1 atom stereocenters. The summed E-state index contributed by atoms with van der Waals surface area (Å²) in [6, 6.07) is 4.80. The SMILES string of the molecule is Cc1cc(C)c(C(Cl)c2ccc(F)c(C(F)(F)F)c2)s1. The van der Waals surface area contributed by atoms with E-state index in [2.05, 4.69) is 0 Å². The second-order valence-electron chi connectivity index (χ2n) is 4.50. The molecule has 0 aliphatic heterocycles. The lowest BCUT2D eigenvalue weighted by Crippen LogP contribution is -2.09. The Balaban J connectivity index is 2.46. The molecule has 0 saturated carbocycles. The van der Waals surface area contributed by atoms with Crippen molar-refractivity contribution < 1.29 is 17.6 Å². The third-order valence-corrected chi connectivity index (χ3v) is 4.72. The lowest BCUT2D eigenvalue weighted by molar-refractivity contribution is -0.140. The summed E-state index contributed by atoms with van der Waals surface area (Å²) in [5.74, 6) is -1.29. The zero-order valence-corrected chi connectivity index (χ0v) is 12.3. The van der Waals surface area contributed by atoms with Gasteiger partial charge in [-0.15, -0.1) is 22.9 Å². The van der Waals surface area contributed by atoms with Crippen LogP contribution in [-0.4, -0.2) is 0 Å². The Morgan fingerprint density at radius 2 is 1.80 bits per heavy atom. The standard InChI is InChI=1S/C14H11ClF4S/c1-7-5-8(2)20-13(7)12(15)9-3-4-11(16)10(6-9)14(17,18)19/h3-6,12H,1-2H3. The number of rotatable bonds is 2. The van der Waals surface area contributed by atoms with Gasteiger partial charge in [-0.3, -0.25) is 0 Å². The number of hydrogen-bond donors (Lipinski definition) is 0. The van der Waals surface area contributed by atoms with Gasteiger partial charge in [-0.2, -0.15) is 13.2 Å². The van der Waals surface area contributed by atoms with Crippen LogP contribution in [0.15, 0.2) is 24.3 Å². The van der Waals surface area contributed by atoms with Gasteiger partial charge in [-0.25, -0.2) is 4.39 Å². The van der Waals surface area contributed by atoms with E-state index in [1.807, 2.05) is 19.9 Å². The van der Waals surface area contributed by atoms with Crippen molar-refractivity contribution in [3.63, 3.8) is 0 Å². The van der Waals surface area contributed by atoms with E-state index in [0.29, 0.717) is 0 Å². The van der Waals surface area contributed by atoms with E-state index in [1.54, 1.807) is 0 Å². The number of hydrogen-bond acceptors (Lipinski definition) is 1. The number of thiophene rings is 1. The zero-order valence-electron chi connectivity index (χ0n) is 10.7. The van der Waals surface area contributed by atoms with Crippen molar-refractivity contribution in [3.05, 3.63) is 56.5 Å². The highest BCUT2D eigenvalue weighted by Crippen LogP contribution is 2.39. The van der Waals surface area contributed by atoms with Crippen LogP contribution in [0.2, 0.25) is 0 Å². The molecule has 0 nitrogen and oxygen atoms in total. The van der Waals surface area contributed by atoms with E-state index in [9.17, 15) is 17.6 Å². The van der Waals surface area contributed by atoms with Crippen molar-refractivity contribution in [1.29, 1.82) is 0 Å². The van der Waals surface area contributed by atoms with Gasteiger partial charge in [0, 0.05) is 9.75 Å². The molecule has 20 heavy (non-hydrogen) atoms. The van der Waals surface area contributed by atoms with Gasteiger partial charge in [0.1, 0.15) is 5.82 Å². The maximum Gasteiger partial charge on any atom is 0.419 e. The molecule has 1 unspecified atom stereocenters. The van der Waals surface area contributed by atoms with Crippen LogP contribution in [0.25, 0.3) is 0 Å². The van der Waals surface area contributed by atoms with Crippen LogP contribution >= 0.6 is 22.9 Å². The van der Waals surface area contributed by atoms with E-state index in [1.165, 1.54) is 17.4 Å². The van der Waals surface area contributed by atoms with E-state index in [-0.39, 0.29) is 5.56 Å². The predicted molar refractivity (Wildman–Crippen MR) is 72.9 cm³/mol. The fourth-order valence-corrected chi connectivity index (χ4v) is 3.46. The minimum atomic E-state index is -4.73. The largest absolute Gasteiger partial charge is 0.419 e. The molecular formula is C14H11ClF4S. The van der Waals surface area contributed by atoms with E-state index < -0.39 is 22.9 Å². The molecule has 0 fully saturated rings. The van der Waals surface area contributed by atoms with Crippen molar-refractivity contribution >= 4 is 22.9 Å². The number of benzene rings is 1. The van der Waals surface area contributed by atoms with Crippen LogP contribution < -0.4 is 0 Å². The Hall–Kier alpha value is -1.07. The van der Waals surface area contributed by atoms with Gasteiger partial charge < -0.3 is 0 Å². The highest BCUT2D eigenvalue weighted by atomic mass is 35.5. The Labute approximate surface area is 123 Å². The average molecular weight is 323 g/mol. The highest BCUT2D eigenvalue weighted by molar-refractivity contribution is 7.12. The van der Waals surface area contributed by atoms with Crippen molar-refractivity contribution in [2.45, 2.75) is 25.4 Å². The maximum absolute atomic E-state index is 13.3. The van der Waals surface area contributed by atoms with Gasteiger partial charge in [-0.05, 0) is 43.2 Å². The molecule has 1 aromatic heterocycles. The molecule has 2 rings (SSSR count). The minimum absolute atomic E-state index is 0.241. The Kier molecular flexibility index (Phi) is 4.12. The molecular weight excluding hydrogens is 312 g/mol. The topological polar surface area (TPSA) is 0 Å². The van der Waals surface area contributed by atoms with Crippen molar-refractivity contribution in [3.8, 4) is 0 Å². The zero-order chi connectivity index (χ0) is 15.1. The lowest BCUT2D eigenvalue weighted by Gasteiger charge is -2.13. The van der Waals surface area contributed by atoms with Gasteiger partial charge in [0.05, 0.1) is 10.9 Å². The Morgan fingerprint density at radius 3 is 2.30 bits per heavy atom. The van der Waals surface area contributed by atoms with Gasteiger partial charge in [-0.1, -0.05) is 6.07 Å². The second kappa shape index (κ2) is 5.37. The third kappa shape index (κ3) is 2.99.